The van der Waals surface area contributed by atoms with Crippen molar-refractivity contribution in [3.05, 3.63) is 120 Å². The van der Waals surface area contributed by atoms with E-state index < -0.39 is 0 Å². The Balaban J connectivity index is 1.42. The Labute approximate surface area is 182 Å². The number of carbonyl (C=O) groups is 1. The maximum absolute atomic E-state index is 13.4. The van der Waals surface area contributed by atoms with Crippen LogP contribution in [0.3, 0.4) is 0 Å². The van der Waals surface area contributed by atoms with Gasteiger partial charge in [0, 0.05) is 24.0 Å². The van der Waals surface area contributed by atoms with E-state index in [2.05, 4.69) is 34.7 Å². The quantitative estimate of drug-likeness (QED) is 0.501. The van der Waals surface area contributed by atoms with Gasteiger partial charge >= 0.3 is 0 Å². The largest absolute Gasteiger partial charge is 0.361 e. The van der Waals surface area contributed by atoms with Crippen LogP contribution in [0.15, 0.2) is 97.3 Å². The lowest BCUT2D eigenvalue weighted by Gasteiger charge is -2.37. The summed E-state index contributed by atoms with van der Waals surface area (Å²) in [5.74, 6) is 0.0473. The molecular formula is C26H24N4O. The summed E-state index contributed by atoms with van der Waals surface area (Å²) in [5.41, 5.74) is 4.96. The minimum Gasteiger partial charge on any atom is -0.361 e. The molecule has 0 radical (unpaired) electrons. The molecule has 3 aromatic carbocycles. The summed E-state index contributed by atoms with van der Waals surface area (Å²) in [6.07, 6.45) is 4.43. The number of benzene rings is 3. The predicted molar refractivity (Wildman–Crippen MR) is 122 cm³/mol. The molecule has 1 aliphatic rings. The van der Waals surface area contributed by atoms with Crippen LogP contribution in [0.2, 0.25) is 0 Å². The number of amides is 1. The van der Waals surface area contributed by atoms with Crippen LogP contribution in [0.1, 0.15) is 33.2 Å². The van der Waals surface area contributed by atoms with Gasteiger partial charge in [-0.1, -0.05) is 72.8 Å². The fraction of sp³-hybridized carbons (Fsp3) is 0.154. The Morgan fingerprint density at radius 1 is 0.839 bits per heavy atom. The summed E-state index contributed by atoms with van der Waals surface area (Å²) in [6.45, 7) is 1.32. The Morgan fingerprint density at radius 2 is 1.52 bits per heavy atom. The molecule has 0 bridgehead atoms. The van der Waals surface area contributed by atoms with Crippen LogP contribution in [-0.2, 0) is 13.0 Å². The summed E-state index contributed by atoms with van der Waals surface area (Å²) in [5, 5.41) is 8.12. The fourth-order valence-electron chi connectivity index (χ4n) is 4.06. The first kappa shape index (κ1) is 19.1. The lowest BCUT2D eigenvalue weighted by Crippen LogP contribution is -2.43. The molecule has 2 heterocycles. The first-order valence-corrected chi connectivity index (χ1v) is 10.5. The molecule has 0 aliphatic carbocycles. The van der Waals surface area contributed by atoms with Gasteiger partial charge in [0.1, 0.15) is 6.17 Å². The minimum atomic E-state index is -0.254. The standard InChI is InChI=1S/C26H24N4O/c31-26-23-13-7-8-14-24(23)28-25(30(26)16-15-20-9-3-1-4-10-20)22-17-27-29(19-22)18-21-11-5-2-6-12-21/h1-14,17,19,25,28H,15-16,18H2/t25-/m0/s1. The summed E-state index contributed by atoms with van der Waals surface area (Å²) in [7, 11) is 0. The van der Waals surface area contributed by atoms with Gasteiger partial charge in [-0.25, -0.2) is 0 Å². The van der Waals surface area contributed by atoms with Crippen molar-refractivity contribution in [3.63, 3.8) is 0 Å². The molecule has 1 atom stereocenters. The molecule has 1 N–H and O–H groups in total. The van der Waals surface area contributed by atoms with Crippen LogP contribution >= 0.6 is 0 Å². The maximum Gasteiger partial charge on any atom is 0.257 e. The van der Waals surface area contributed by atoms with Crippen molar-refractivity contribution in [3.8, 4) is 0 Å². The van der Waals surface area contributed by atoms with Crippen LogP contribution < -0.4 is 5.32 Å². The van der Waals surface area contributed by atoms with E-state index in [-0.39, 0.29) is 12.1 Å². The van der Waals surface area contributed by atoms with Crippen LogP contribution in [-0.4, -0.2) is 27.1 Å². The fourth-order valence-corrected chi connectivity index (χ4v) is 4.06. The molecule has 5 nitrogen and oxygen atoms in total. The Morgan fingerprint density at radius 3 is 2.29 bits per heavy atom. The smallest absolute Gasteiger partial charge is 0.257 e. The van der Waals surface area contributed by atoms with Crippen LogP contribution in [0.4, 0.5) is 5.69 Å². The van der Waals surface area contributed by atoms with Crippen molar-refractivity contribution in [1.82, 2.24) is 14.7 Å². The molecule has 5 heteroatoms. The van der Waals surface area contributed by atoms with Gasteiger partial charge in [0.2, 0.25) is 0 Å². The van der Waals surface area contributed by atoms with Gasteiger partial charge in [-0.2, -0.15) is 5.10 Å². The molecule has 31 heavy (non-hydrogen) atoms. The first-order chi connectivity index (χ1) is 15.3. The third-order valence-electron chi connectivity index (χ3n) is 5.66. The Bertz CT molecular complexity index is 1170. The molecule has 0 fully saturated rings. The van der Waals surface area contributed by atoms with Crippen molar-refractivity contribution in [1.29, 1.82) is 0 Å². The number of hydrogen-bond donors (Lipinski definition) is 1. The molecule has 0 saturated heterocycles. The van der Waals surface area contributed by atoms with Gasteiger partial charge in [-0.15, -0.1) is 0 Å². The lowest BCUT2D eigenvalue weighted by atomic mass is 10.0. The van der Waals surface area contributed by atoms with Crippen molar-refractivity contribution < 1.29 is 4.79 Å². The van der Waals surface area contributed by atoms with Crippen molar-refractivity contribution >= 4 is 11.6 Å². The van der Waals surface area contributed by atoms with Crippen molar-refractivity contribution in [2.24, 2.45) is 0 Å². The van der Waals surface area contributed by atoms with Gasteiger partial charge in [0.25, 0.3) is 5.91 Å². The molecule has 1 amide bonds. The topological polar surface area (TPSA) is 50.2 Å². The number of aromatic nitrogens is 2. The second-order valence-electron chi connectivity index (χ2n) is 7.78. The van der Waals surface area contributed by atoms with Crippen molar-refractivity contribution in [2.45, 2.75) is 19.1 Å². The van der Waals surface area contributed by atoms with Crippen LogP contribution in [0.25, 0.3) is 0 Å². The second kappa shape index (κ2) is 8.48. The van der Waals surface area contributed by atoms with Gasteiger partial charge < -0.3 is 10.2 Å². The molecule has 154 valence electrons. The number of para-hydroxylation sites is 1. The SMILES string of the molecule is O=C1c2ccccc2N[C@H](c2cnn(Cc3ccccc3)c2)N1CCc1ccccc1. The average Bonchev–Trinajstić information content (AvgIpc) is 3.28. The molecule has 5 rings (SSSR count). The molecule has 4 aromatic rings. The Kier molecular flexibility index (Phi) is 5.23. The highest BCUT2D eigenvalue weighted by molar-refractivity contribution is 6.01. The van der Waals surface area contributed by atoms with E-state index in [0.717, 1.165) is 17.7 Å². The number of fused-ring (bicyclic) bond motifs is 1. The highest BCUT2D eigenvalue weighted by atomic mass is 16.2. The van der Waals surface area contributed by atoms with E-state index in [4.69, 9.17) is 0 Å². The third kappa shape index (κ3) is 4.08. The van der Waals surface area contributed by atoms with Crippen LogP contribution in [0, 0.1) is 0 Å². The molecule has 1 aromatic heterocycles. The Hall–Kier alpha value is -3.86. The highest BCUT2D eigenvalue weighted by Crippen LogP contribution is 2.33. The molecule has 0 unspecified atom stereocenters. The number of anilines is 1. The summed E-state index contributed by atoms with van der Waals surface area (Å²) >= 11 is 0. The normalized spacial score (nSPS) is 15.4. The predicted octanol–water partition coefficient (Wildman–Crippen LogP) is 4.74. The van der Waals surface area contributed by atoms with E-state index >= 15 is 0 Å². The molecule has 1 aliphatic heterocycles. The molecule has 0 spiro atoms. The van der Waals surface area contributed by atoms with Gasteiger partial charge in [-0.05, 0) is 29.7 Å². The number of carbonyl (C=O) groups excluding carboxylic acids is 1. The number of nitrogens with one attached hydrogen (secondary N) is 1. The summed E-state index contributed by atoms with van der Waals surface area (Å²) in [4.78, 5) is 15.3. The monoisotopic (exact) mass is 408 g/mol. The average molecular weight is 409 g/mol. The van der Waals surface area contributed by atoms with E-state index in [9.17, 15) is 4.79 Å². The number of hydrogen-bond acceptors (Lipinski definition) is 3. The van der Waals surface area contributed by atoms with Crippen LogP contribution in [0.5, 0.6) is 0 Å². The maximum atomic E-state index is 13.4. The number of rotatable bonds is 6. The second-order valence-corrected chi connectivity index (χ2v) is 7.78. The van der Waals surface area contributed by atoms with E-state index in [0.29, 0.717) is 18.7 Å². The zero-order chi connectivity index (χ0) is 21.0. The third-order valence-corrected chi connectivity index (χ3v) is 5.66. The summed E-state index contributed by atoms with van der Waals surface area (Å²) < 4.78 is 1.92. The van der Waals surface area contributed by atoms with E-state index in [1.165, 1.54) is 11.1 Å². The van der Waals surface area contributed by atoms with Gasteiger partial charge in [0.05, 0.1) is 18.3 Å². The van der Waals surface area contributed by atoms with E-state index in [1.54, 1.807) is 0 Å². The zero-order valence-electron chi connectivity index (χ0n) is 17.2. The van der Waals surface area contributed by atoms with Gasteiger partial charge in [-0.3, -0.25) is 9.48 Å². The van der Waals surface area contributed by atoms with Crippen molar-refractivity contribution in [2.75, 3.05) is 11.9 Å². The zero-order valence-corrected chi connectivity index (χ0v) is 17.2. The minimum absolute atomic E-state index is 0.0473. The van der Waals surface area contributed by atoms with E-state index in [1.807, 2.05) is 82.6 Å². The van der Waals surface area contributed by atoms with Gasteiger partial charge in [0.15, 0.2) is 0 Å². The lowest BCUT2D eigenvalue weighted by molar-refractivity contribution is 0.0685. The molecule has 0 saturated carbocycles. The highest BCUT2D eigenvalue weighted by Gasteiger charge is 2.33. The first-order valence-electron chi connectivity index (χ1n) is 10.5. The number of nitrogens with zero attached hydrogens (tertiary/aromatic N) is 3. The summed E-state index contributed by atoms with van der Waals surface area (Å²) in [6, 6.07) is 28.2. The molecular weight excluding hydrogens is 384 g/mol.